The summed E-state index contributed by atoms with van der Waals surface area (Å²) in [4.78, 5) is 15.1. The van der Waals surface area contributed by atoms with Crippen LogP contribution in [0.5, 0.6) is 0 Å². The molecule has 1 heterocycles. The highest BCUT2D eigenvalue weighted by atomic mass is 32.2. The van der Waals surface area contributed by atoms with Crippen molar-refractivity contribution < 1.29 is 9.53 Å². The number of thiazole rings is 1. The van der Waals surface area contributed by atoms with Crippen LogP contribution in [0.25, 0.3) is 0 Å². The number of hydrogen-bond donors (Lipinski definition) is 0. The van der Waals surface area contributed by atoms with Crippen LogP contribution >= 0.6 is 23.1 Å². The summed E-state index contributed by atoms with van der Waals surface area (Å²) in [7, 11) is 1.41. The lowest BCUT2D eigenvalue weighted by Crippen LogP contribution is -2.01. The number of thioether (sulfide) groups is 1. The summed E-state index contributed by atoms with van der Waals surface area (Å²) in [6.07, 6.45) is 0.476. The fraction of sp³-hybridized carbons (Fsp3) is 0.556. The largest absolute Gasteiger partial charge is 0.469 e. The van der Waals surface area contributed by atoms with Crippen molar-refractivity contribution in [3.05, 3.63) is 16.1 Å². The van der Waals surface area contributed by atoms with Crippen LogP contribution in [-0.2, 0) is 15.3 Å². The van der Waals surface area contributed by atoms with Gasteiger partial charge in [-0.15, -0.1) is 11.3 Å². The highest BCUT2D eigenvalue weighted by molar-refractivity contribution is 7.98. The molecule has 0 aromatic carbocycles. The van der Waals surface area contributed by atoms with Crippen molar-refractivity contribution in [1.29, 1.82) is 0 Å². The van der Waals surface area contributed by atoms with Crippen molar-refractivity contribution >= 4 is 29.1 Å². The highest BCUT2D eigenvalue weighted by Gasteiger charge is 2.01. The maximum absolute atomic E-state index is 10.8. The fourth-order valence-corrected chi connectivity index (χ4v) is 2.44. The molecule has 0 fully saturated rings. The first-order valence-electron chi connectivity index (χ1n) is 4.28. The van der Waals surface area contributed by atoms with E-state index in [0.29, 0.717) is 6.42 Å². The third-order valence-electron chi connectivity index (χ3n) is 1.59. The standard InChI is InChI=1S/C9H13NO2S2/c1-7-10-8(6-14-7)5-13-4-3-9(11)12-2/h6H,3-5H2,1-2H3. The summed E-state index contributed by atoms with van der Waals surface area (Å²) in [5.74, 6) is 1.52. The molecule has 1 rings (SSSR count). The van der Waals surface area contributed by atoms with Crippen LogP contribution in [0.3, 0.4) is 0 Å². The zero-order valence-corrected chi connectivity index (χ0v) is 9.91. The smallest absolute Gasteiger partial charge is 0.306 e. The maximum Gasteiger partial charge on any atom is 0.306 e. The summed E-state index contributed by atoms with van der Waals surface area (Å²) >= 11 is 3.36. The molecule has 0 aliphatic heterocycles. The molecule has 0 bridgehead atoms. The molecule has 0 atom stereocenters. The van der Waals surface area contributed by atoms with Crippen LogP contribution in [0, 0.1) is 6.92 Å². The Bertz CT molecular complexity index is 299. The highest BCUT2D eigenvalue weighted by Crippen LogP contribution is 2.15. The minimum atomic E-state index is -0.146. The average molecular weight is 231 g/mol. The second kappa shape index (κ2) is 6.03. The molecule has 0 aliphatic carbocycles. The van der Waals surface area contributed by atoms with Crippen LogP contribution in [0.4, 0.5) is 0 Å². The molecule has 1 aromatic rings. The summed E-state index contributed by atoms with van der Waals surface area (Å²) in [5.41, 5.74) is 1.10. The van der Waals surface area contributed by atoms with E-state index >= 15 is 0 Å². The van der Waals surface area contributed by atoms with Crippen molar-refractivity contribution in [3.8, 4) is 0 Å². The quantitative estimate of drug-likeness (QED) is 0.575. The number of aryl methyl sites for hydroxylation is 1. The van der Waals surface area contributed by atoms with E-state index in [1.165, 1.54) is 7.11 Å². The van der Waals surface area contributed by atoms with E-state index in [4.69, 9.17) is 0 Å². The Balaban J connectivity index is 2.13. The van der Waals surface area contributed by atoms with Gasteiger partial charge in [-0.2, -0.15) is 11.8 Å². The molecular weight excluding hydrogens is 218 g/mol. The molecule has 78 valence electrons. The molecule has 1 aromatic heterocycles. The number of ether oxygens (including phenoxy) is 1. The molecule has 0 unspecified atom stereocenters. The van der Waals surface area contributed by atoms with Gasteiger partial charge in [0.2, 0.25) is 0 Å². The Hall–Kier alpha value is -0.550. The van der Waals surface area contributed by atoms with Crippen LogP contribution in [-0.4, -0.2) is 23.8 Å². The number of carbonyl (C=O) groups excluding carboxylic acids is 1. The monoisotopic (exact) mass is 231 g/mol. The van der Waals surface area contributed by atoms with Crippen LogP contribution in [0.1, 0.15) is 17.1 Å². The number of nitrogens with zero attached hydrogens (tertiary/aromatic N) is 1. The lowest BCUT2D eigenvalue weighted by atomic mass is 10.5. The van der Waals surface area contributed by atoms with E-state index < -0.39 is 0 Å². The van der Waals surface area contributed by atoms with E-state index in [2.05, 4.69) is 15.1 Å². The second-order valence-corrected chi connectivity index (χ2v) is 4.90. The van der Waals surface area contributed by atoms with E-state index in [9.17, 15) is 4.79 Å². The molecule has 14 heavy (non-hydrogen) atoms. The van der Waals surface area contributed by atoms with Gasteiger partial charge in [0.25, 0.3) is 0 Å². The SMILES string of the molecule is COC(=O)CCSCc1csc(C)n1. The van der Waals surface area contributed by atoms with E-state index in [0.717, 1.165) is 22.2 Å². The van der Waals surface area contributed by atoms with Gasteiger partial charge in [0.1, 0.15) is 0 Å². The Morgan fingerprint density at radius 1 is 1.71 bits per heavy atom. The molecule has 0 radical (unpaired) electrons. The van der Waals surface area contributed by atoms with E-state index in [1.54, 1.807) is 23.1 Å². The van der Waals surface area contributed by atoms with Crippen molar-refractivity contribution in [1.82, 2.24) is 4.98 Å². The lowest BCUT2D eigenvalue weighted by Gasteiger charge is -1.98. The summed E-state index contributed by atoms with van der Waals surface area (Å²) in [6.45, 7) is 1.99. The van der Waals surface area contributed by atoms with Gasteiger partial charge in [0.05, 0.1) is 24.2 Å². The van der Waals surface area contributed by atoms with Crippen LogP contribution in [0.2, 0.25) is 0 Å². The Morgan fingerprint density at radius 3 is 3.07 bits per heavy atom. The topological polar surface area (TPSA) is 39.2 Å². The predicted octanol–water partition coefficient (Wildman–Crippen LogP) is 2.25. The zero-order chi connectivity index (χ0) is 10.4. The number of rotatable bonds is 5. The van der Waals surface area contributed by atoms with Crippen LogP contribution in [0.15, 0.2) is 5.38 Å². The Morgan fingerprint density at radius 2 is 2.50 bits per heavy atom. The second-order valence-electron chi connectivity index (χ2n) is 2.74. The molecule has 0 spiro atoms. The summed E-state index contributed by atoms with van der Waals surface area (Å²) in [5, 5.41) is 3.15. The van der Waals surface area contributed by atoms with Gasteiger partial charge in [-0.25, -0.2) is 4.98 Å². The average Bonchev–Trinajstić information content (AvgIpc) is 2.58. The lowest BCUT2D eigenvalue weighted by molar-refractivity contribution is -0.140. The molecular formula is C9H13NO2S2. The van der Waals surface area contributed by atoms with Gasteiger partial charge in [-0.3, -0.25) is 4.79 Å². The third kappa shape index (κ3) is 4.11. The number of methoxy groups -OCH3 is 1. The normalized spacial score (nSPS) is 10.1. The summed E-state index contributed by atoms with van der Waals surface area (Å²) < 4.78 is 4.54. The molecule has 0 saturated carbocycles. The maximum atomic E-state index is 10.8. The number of aromatic nitrogens is 1. The van der Waals surface area contributed by atoms with Crippen molar-refractivity contribution in [2.45, 2.75) is 19.1 Å². The molecule has 0 N–H and O–H groups in total. The van der Waals surface area contributed by atoms with Gasteiger partial charge in [0, 0.05) is 16.9 Å². The van der Waals surface area contributed by atoms with Gasteiger partial charge in [0.15, 0.2) is 0 Å². The minimum absolute atomic E-state index is 0.146. The molecule has 0 amide bonds. The van der Waals surface area contributed by atoms with Gasteiger partial charge >= 0.3 is 5.97 Å². The first kappa shape index (κ1) is 11.5. The number of esters is 1. The third-order valence-corrected chi connectivity index (χ3v) is 3.41. The van der Waals surface area contributed by atoms with Crippen molar-refractivity contribution in [3.63, 3.8) is 0 Å². The van der Waals surface area contributed by atoms with Crippen LogP contribution < -0.4 is 0 Å². The fourth-order valence-electron chi connectivity index (χ4n) is 0.909. The van der Waals surface area contributed by atoms with Gasteiger partial charge in [-0.1, -0.05) is 0 Å². The van der Waals surface area contributed by atoms with Crippen molar-refractivity contribution in [2.24, 2.45) is 0 Å². The first-order chi connectivity index (χ1) is 6.72. The number of hydrogen-bond acceptors (Lipinski definition) is 5. The summed E-state index contributed by atoms with van der Waals surface area (Å²) in [6, 6.07) is 0. The number of carbonyl (C=O) groups is 1. The Labute approximate surface area is 91.9 Å². The molecule has 0 aliphatic rings. The van der Waals surface area contributed by atoms with Gasteiger partial charge < -0.3 is 4.74 Å². The minimum Gasteiger partial charge on any atom is -0.469 e. The van der Waals surface area contributed by atoms with Crippen molar-refractivity contribution in [2.75, 3.05) is 12.9 Å². The first-order valence-corrected chi connectivity index (χ1v) is 6.31. The van der Waals surface area contributed by atoms with E-state index in [1.807, 2.05) is 6.92 Å². The molecule has 0 saturated heterocycles. The van der Waals surface area contributed by atoms with Gasteiger partial charge in [-0.05, 0) is 6.92 Å². The predicted molar refractivity (Wildman–Crippen MR) is 59.6 cm³/mol. The Kier molecular flexibility index (Phi) is 4.97. The zero-order valence-electron chi connectivity index (χ0n) is 8.28. The van der Waals surface area contributed by atoms with E-state index in [-0.39, 0.29) is 5.97 Å². The molecule has 5 heteroatoms. The molecule has 3 nitrogen and oxygen atoms in total.